The smallest absolute Gasteiger partial charge is 0.195 e. The summed E-state index contributed by atoms with van der Waals surface area (Å²) in [7, 11) is 0. The van der Waals surface area contributed by atoms with Crippen molar-refractivity contribution in [3.8, 4) is 0 Å². The van der Waals surface area contributed by atoms with Crippen molar-refractivity contribution in [3.05, 3.63) is 35.9 Å². The van der Waals surface area contributed by atoms with Crippen molar-refractivity contribution in [1.29, 1.82) is 5.41 Å². The maximum absolute atomic E-state index is 11.2. The molecule has 4 N–H and O–H groups in total. The van der Waals surface area contributed by atoms with Crippen molar-refractivity contribution < 1.29 is 5.11 Å². The Morgan fingerprint density at radius 1 is 1.00 bits per heavy atom. The lowest BCUT2D eigenvalue weighted by Crippen LogP contribution is -2.57. The highest BCUT2D eigenvalue weighted by Gasteiger charge is 2.54. The van der Waals surface area contributed by atoms with Crippen LogP contribution in [0.15, 0.2) is 35.3 Å². The quantitative estimate of drug-likeness (QED) is 0.343. The molecule has 0 aromatic heterocycles. The van der Waals surface area contributed by atoms with E-state index in [1.54, 1.807) is 0 Å². The fraction of sp³-hybridized carbons (Fsp3) is 0.778. The summed E-state index contributed by atoms with van der Waals surface area (Å²) >= 11 is 0. The van der Waals surface area contributed by atoms with Gasteiger partial charge < -0.3 is 25.5 Å². The van der Waals surface area contributed by atoms with Crippen molar-refractivity contribution in [2.75, 3.05) is 32.7 Å². The highest BCUT2D eigenvalue weighted by atomic mass is 16.3. The van der Waals surface area contributed by atoms with Crippen LogP contribution in [0.1, 0.15) is 84.1 Å². The van der Waals surface area contributed by atoms with Gasteiger partial charge in [-0.05, 0) is 99.4 Å². The second-order valence-corrected chi connectivity index (χ2v) is 16.2. The first-order chi connectivity index (χ1) is 21.2. The summed E-state index contributed by atoms with van der Waals surface area (Å²) in [6.07, 6.45) is 12.2. The first-order valence-electron chi connectivity index (χ1n) is 17.8. The van der Waals surface area contributed by atoms with E-state index >= 15 is 0 Å². The van der Waals surface area contributed by atoms with E-state index in [1.165, 1.54) is 44.1 Å². The molecule has 2 saturated heterocycles. The molecule has 3 aliphatic heterocycles. The van der Waals surface area contributed by atoms with E-state index in [0.717, 1.165) is 69.6 Å². The van der Waals surface area contributed by atoms with Crippen LogP contribution in [0.3, 0.4) is 0 Å². The molecule has 8 nitrogen and oxygen atoms in total. The summed E-state index contributed by atoms with van der Waals surface area (Å²) in [6.45, 7) is 10.9. The third kappa shape index (κ3) is 5.86. The van der Waals surface area contributed by atoms with Crippen LogP contribution in [-0.2, 0) is 6.42 Å². The lowest BCUT2D eigenvalue weighted by molar-refractivity contribution is -0.0673. The molecular formula is C36H57N7O. The van der Waals surface area contributed by atoms with E-state index in [0.29, 0.717) is 41.9 Å². The molecule has 4 aliphatic carbocycles. The maximum atomic E-state index is 11.2. The number of aliphatic hydroxyl groups is 1. The Labute approximate surface area is 265 Å². The number of aliphatic hydroxyl groups excluding tert-OH is 1. The monoisotopic (exact) mass is 603 g/mol. The molecule has 8 heteroatoms. The standard InChI is InChI=1S/C36H57N7O/c1-24(2)12-31-20-39-34(37)41(31)21-30-10-7-11-40(30)33(16-26-8-5-4-6-9-26)42-22-32(25(3)44)43(35(42)38)23-36-17-27-13-28(18-36)15-29(14-27)19-36/h4-6,8-9,24-25,27-33,38,44H,7,10-23H2,1-3H3,(H2,37,39)/t25-,27?,28?,29?,30+,31-,32+,33-,36?/m1/s1. The minimum atomic E-state index is -0.474. The van der Waals surface area contributed by atoms with Gasteiger partial charge in [-0.2, -0.15) is 0 Å². The largest absolute Gasteiger partial charge is 0.391 e. The van der Waals surface area contributed by atoms with Gasteiger partial charge in [0.2, 0.25) is 0 Å². The van der Waals surface area contributed by atoms with Crippen LogP contribution >= 0.6 is 0 Å². The molecule has 7 aliphatic rings. The third-order valence-electron chi connectivity index (χ3n) is 12.3. The van der Waals surface area contributed by atoms with Crippen LogP contribution in [0.5, 0.6) is 0 Å². The van der Waals surface area contributed by atoms with Crippen LogP contribution in [0.2, 0.25) is 0 Å². The van der Waals surface area contributed by atoms with Crippen LogP contribution < -0.4 is 5.73 Å². The number of benzene rings is 1. The van der Waals surface area contributed by atoms with Gasteiger partial charge in [-0.15, -0.1) is 0 Å². The Bertz CT molecular complexity index is 1160. The van der Waals surface area contributed by atoms with Crippen LogP contribution in [0.25, 0.3) is 0 Å². The number of likely N-dealkylation sites (tertiary alicyclic amines) is 1. The van der Waals surface area contributed by atoms with Crippen LogP contribution in [-0.4, -0.2) is 99.7 Å². The fourth-order valence-electron chi connectivity index (χ4n) is 10.9. The van der Waals surface area contributed by atoms with Gasteiger partial charge in [0.25, 0.3) is 0 Å². The van der Waals surface area contributed by atoms with Gasteiger partial charge in [-0.3, -0.25) is 15.3 Å². The average molecular weight is 604 g/mol. The Kier molecular flexibility index (Phi) is 8.36. The molecule has 0 radical (unpaired) electrons. The average Bonchev–Trinajstić information content (AvgIpc) is 3.66. The summed E-state index contributed by atoms with van der Waals surface area (Å²) in [5, 5.41) is 20.9. The lowest BCUT2D eigenvalue weighted by Gasteiger charge is -2.58. The number of hydrogen-bond acceptors (Lipinski definition) is 6. The van der Waals surface area contributed by atoms with E-state index < -0.39 is 6.10 Å². The molecule has 0 spiro atoms. The minimum Gasteiger partial charge on any atom is -0.391 e. The minimum absolute atomic E-state index is 0.0355. The molecule has 1 aromatic carbocycles. The lowest BCUT2D eigenvalue weighted by atomic mass is 9.49. The number of guanidine groups is 2. The summed E-state index contributed by atoms with van der Waals surface area (Å²) < 4.78 is 0. The molecule has 0 amide bonds. The van der Waals surface area contributed by atoms with Crippen molar-refractivity contribution in [2.24, 2.45) is 39.8 Å². The Morgan fingerprint density at radius 3 is 2.32 bits per heavy atom. The molecule has 242 valence electrons. The van der Waals surface area contributed by atoms with Gasteiger partial charge in [0.15, 0.2) is 11.9 Å². The summed E-state index contributed by atoms with van der Waals surface area (Å²) in [5.41, 5.74) is 8.14. The number of nitrogens with zero attached hydrogens (tertiary/aromatic N) is 5. The Balaban J connectivity index is 1.15. The molecule has 4 saturated carbocycles. The number of aliphatic imine (C=N–C) groups is 1. The second kappa shape index (κ2) is 12.1. The predicted octanol–water partition coefficient (Wildman–Crippen LogP) is 4.58. The van der Waals surface area contributed by atoms with Gasteiger partial charge in [0.1, 0.15) is 0 Å². The van der Waals surface area contributed by atoms with Crippen LogP contribution in [0.4, 0.5) is 0 Å². The molecule has 4 bridgehead atoms. The summed E-state index contributed by atoms with van der Waals surface area (Å²) in [4.78, 5) is 14.5. The van der Waals surface area contributed by atoms with Crippen molar-refractivity contribution in [1.82, 2.24) is 19.6 Å². The topological polar surface area (TPSA) is 95.4 Å². The van der Waals surface area contributed by atoms with Crippen molar-refractivity contribution in [3.63, 3.8) is 0 Å². The van der Waals surface area contributed by atoms with Gasteiger partial charge >= 0.3 is 0 Å². The van der Waals surface area contributed by atoms with E-state index in [4.69, 9.17) is 5.73 Å². The molecule has 8 rings (SSSR count). The van der Waals surface area contributed by atoms with Gasteiger partial charge in [-0.25, -0.2) is 0 Å². The number of rotatable bonds is 11. The maximum Gasteiger partial charge on any atom is 0.195 e. The third-order valence-corrected chi connectivity index (χ3v) is 12.3. The van der Waals surface area contributed by atoms with E-state index in [2.05, 4.69) is 68.8 Å². The number of nitrogens with two attached hydrogens (primary N) is 1. The second-order valence-electron chi connectivity index (χ2n) is 16.2. The molecule has 6 fully saturated rings. The first-order valence-corrected chi connectivity index (χ1v) is 17.8. The number of nitrogens with one attached hydrogen (secondary N) is 1. The normalized spacial score (nSPS) is 36.6. The zero-order chi connectivity index (χ0) is 30.6. The SMILES string of the molecule is CC(C)C[C@@H]1CN=C(N)N1C[C@@H]1CCCN1[C@@H](Cc1ccccc1)N1C[C@@H]([C@@H](C)O)N(CC23CC4CC(CC(C4)C2)C3)C1=N. The number of hydrogen-bond donors (Lipinski definition) is 3. The molecule has 5 atom stereocenters. The zero-order valence-electron chi connectivity index (χ0n) is 27.5. The highest BCUT2D eigenvalue weighted by molar-refractivity contribution is 5.81. The zero-order valence-corrected chi connectivity index (χ0v) is 27.5. The van der Waals surface area contributed by atoms with Crippen molar-refractivity contribution in [2.45, 2.75) is 115 Å². The van der Waals surface area contributed by atoms with Gasteiger partial charge in [-0.1, -0.05) is 44.2 Å². The first kappa shape index (κ1) is 30.3. The van der Waals surface area contributed by atoms with Crippen molar-refractivity contribution >= 4 is 11.9 Å². The molecule has 44 heavy (non-hydrogen) atoms. The molecule has 3 heterocycles. The highest BCUT2D eigenvalue weighted by Crippen LogP contribution is 2.60. The molecule has 1 aromatic rings. The van der Waals surface area contributed by atoms with E-state index in [1.807, 2.05) is 6.92 Å². The summed E-state index contributed by atoms with van der Waals surface area (Å²) in [6, 6.07) is 11.5. The van der Waals surface area contributed by atoms with Gasteiger partial charge in [0, 0.05) is 38.6 Å². The fourth-order valence-corrected chi connectivity index (χ4v) is 10.9. The summed E-state index contributed by atoms with van der Waals surface area (Å²) in [5.74, 6) is 4.60. The molecular weight excluding hydrogens is 546 g/mol. The van der Waals surface area contributed by atoms with E-state index in [-0.39, 0.29) is 12.2 Å². The predicted molar refractivity (Wildman–Crippen MR) is 177 cm³/mol. The Morgan fingerprint density at radius 2 is 1.68 bits per heavy atom. The van der Waals surface area contributed by atoms with Crippen LogP contribution in [0, 0.1) is 34.5 Å². The molecule has 0 unspecified atom stereocenters. The van der Waals surface area contributed by atoms with E-state index in [9.17, 15) is 10.5 Å². The Hall–Kier alpha value is -2.32. The van der Waals surface area contributed by atoms with Gasteiger partial charge in [0.05, 0.1) is 30.9 Å².